The second-order valence-electron chi connectivity index (χ2n) is 7.82. The number of aromatic nitrogens is 2. The first-order chi connectivity index (χ1) is 14.6. The number of hydrogen-bond donors (Lipinski definition) is 0. The highest BCUT2D eigenvalue weighted by atomic mass is 16.5. The van der Waals surface area contributed by atoms with E-state index in [9.17, 15) is 4.79 Å². The minimum Gasteiger partial charge on any atom is -0.426 e. The second-order valence-corrected chi connectivity index (χ2v) is 7.82. The number of carbonyl (C=O) groups excluding carboxylic acids is 1. The van der Waals surface area contributed by atoms with Crippen molar-refractivity contribution in [1.82, 2.24) is 9.97 Å². The molecule has 1 aromatic carbocycles. The van der Waals surface area contributed by atoms with Crippen LogP contribution in [-0.4, -0.2) is 28.6 Å². The number of ether oxygens (including phenoxy) is 2. The summed E-state index contributed by atoms with van der Waals surface area (Å²) in [6.45, 7) is 6.82. The average Bonchev–Trinajstić information content (AvgIpc) is 2.75. The lowest BCUT2D eigenvalue weighted by atomic mass is 10.1. The molecule has 1 atom stereocenters. The maximum absolute atomic E-state index is 12.0. The van der Waals surface area contributed by atoms with Crippen LogP contribution in [0.4, 0.5) is 0 Å². The Hall–Kier alpha value is -2.27. The van der Waals surface area contributed by atoms with Gasteiger partial charge in [0.2, 0.25) is 0 Å². The monoisotopic (exact) mass is 412 g/mol. The van der Waals surface area contributed by atoms with Crippen LogP contribution in [-0.2, 0) is 16.0 Å². The molecule has 1 aromatic heterocycles. The lowest BCUT2D eigenvalue weighted by molar-refractivity contribution is -0.137. The van der Waals surface area contributed by atoms with E-state index >= 15 is 0 Å². The van der Waals surface area contributed by atoms with Crippen LogP contribution < -0.4 is 4.74 Å². The van der Waals surface area contributed by atoms with Gasteiger partial charge in [0.05, 0.1) is 12.5 Å². The summed E-state index contributed by atoms with van der Waals surface area (Å²) in [5.41, 5.74) is 2.08. The van der Waals surface area contributed by atoms with Crippen LogP contribution in [0.25, 0.3) is 11.4 Å². The molecule has 30 heavy (non-hydrogen) atoms. The number of esters is 1. The van der Waals surface area contributed by atoms with Gasteiger partial charge in [0.25, 0.3) is 0 Å². The van der Waals surface area contributed by atoms with Crippen molar-refractivity contribution in [3.63, 3.8) is 0 Å². The fourth-order valence-corrected chi connectivity index (χ4v) is 3.20. The van der Waals surface area contributed by atoms with Crippen LogP contribution in [0.15, 0.2) is 36.7 Å². The zero-order valence-electron chi connectivity index (χ0n) is 18.7. The molecule has 2 aromatic rings. The van der Waals surface area contributed by atoms with Crippen LogP contribution >= 0.6 is 0 Å². The van der Waals surface area contributed by atoms with Crippen LogP contribution in [0.3, 0.4) is 0 Å². The summed E-state index contributed by atoms with van der Waals surface area (Å²) in [5, 5.41) is 0. The van der Waals surface area contributed by atoms with Crippen molar-refractivity contribution >= 4 is 5.97 Å². The molecule has 0 bridgehead atoms. The minimum atomic E-state index is -0.290. The van der Waals surface area contributed by atoms with Gasteiger partial charge >= 0.3 is 5.97 Å². The molecule has 5 heteroatoms. The molecule has 0 aliphatic rings. The lowest BCUT2D eigenvalue weighted by Crippen LogP contribution is -2.18. The van der Waals surface area contributed by atoms with Gasteiger partial charge in [-0.2, -0.15) is 0 Å². The van der Waals surface area contributed by atoms with Gasteiger partial charge in [-0.3, -0.25) is 4.79 Å². The predicted octanol–water partition coefficient (Wildman–Crippen LogP) is 6.16. The number of aryl methyl sites for hydroxylation is 1. The van der Waals surface area contributed by atoms with Crippen LogP contribution in [0, 0.1) is 0 Å². The zero-order chi connectivity index (χ0) is 21.6. The molecule has 0 spiro atoms. The first-order valence-electron chi connectivity index (χ1n) is 11.4. The van der Waals surface area contributed by atoms with E-state index in [1.165, 1.54) is 44.1 Å². The van der Waals surface area contributed by atoms with Crippen molar-refractivity contribution in [3.05, 3.63) is 42.2 Å². The highest BCUT2D eigenvalue weighted by Gasteiger charge is 2.12. The second kappa shape index (κ2) is 13.9. The summed E-state index contributed by atoms with van der Waals surface area (Å²) < 4.78 is 10.9. The molecule has 0 radical (unpaired) electrons. The normalized spacial score (nSPS) is 12.0. The van der Waals surface area contributed by atoms with Crippen molar-refractivity contribution in [1.29, 1.82) is 0 Å². The Kier molecular flexibility index (Phi) is 11.1. The van der Waals surface area contributed by atoms with Crippen molar-refractivity contribution in [2.24, 2.45) is 0 Å². The van der Waals surface area contributed by atoms with Crippen molar-refractivity contribution in [2.45, 2.75) is 84.7 Å². The fraction of sp³-hybridized carbons (Fsp3) is 0.560. The van der Waals surface area contributed by atoms with Gasteiger partial charge in [-0.1, -0.05) is 46.0 Å². The van der Waals surface area contributed by atoms with Gasteiger partial charge < -0.3 is 9.47 Å². The fourth-order valence-electron chi connectivity index (χ4n) is 3.20. The molecule has 164 valence electrons. The average molecular weight is 413 g/mol. The lowest BCUT2D eigenvalue weighted by Gasteiger charge is -2.11. The maximum Gasteiger partial charge on any atom is 0.313 e. The Morgan fingerprint density at radius 1 is 0.933 bits per heavy atom. The first kappa shape index (κ1) is 24.0. The van der Waals surface area contributed by atoms with Gasteiger partial charge in [0.1, 0.15) is 5.75 Å². The minimum absolute atomic E-state index is 0.139. The SMILES string of the molecule is CCCCCCCCc1cnc(-c2ccc(OC(=O)CC(C)OCCC)cc2)nc1. The third kappa shape index (κ3) is 9.04. The van der Waals surface area contributed by atoms with Gasteiger partial charge in [0.15, 0.2) is 5.82 Å². The third-order valence-electron chi connectivity index (χ3n) is 4.93. The highest BCUT2D eigenvalue weighted by molar-refractivity contribution is 5.73. The van der Waals surface area contributed by atoms with E-state index in [1.807, 2.05) is 38.4 Å². The van der Waals surface area contributed by atoms with Gasteiger partial charge in [0, 0.05) is 24.6 Å². The zero-order valence-corrected chi connectivity index (χ0v) is 18.7. The summed E-state index contributed by atoms with van der Waals surface area (Å²) in [4.78, 5) is 21.0. The van der Waals surface area contributed by atoms with E-state index in [2.05, 4.69) is 16.9 Å². The summed E-state index contributed by atoms with van der Waals surface area (Å²) in [7, 11) is 0. The quantitative estimate of drug-likeness (QED) is 0.211. The Morgan fingerprint density at radius 3 is 2.27 bits per heavy atom. The van der Waals surface area contributed by atoms with Crippen LogP contribution in [0.5, 0.6) is 5.75 Å². The Morgan fingerprint density at radius 2 is 1.60 bits per heavy atom. The number of carbonyl (C=O) groups is 1. The molecule has 0 saturated heterocycles. The molecule has 1 heterocycles. The summed E-state index contributed by atoms with van der Waals surface area (Å²) in [5.74, 6) is 0.911. The molecule has 0 fully saturated rings. The third-order valence-corrected chi connectivity index (χ3v) is 4.93. The van der Waals surface area contributed by atoms with Gasteiger partial charge in [-0.15, -0.1) is 0 Å². The van der Waals surface area contributed by atoms with Crippen molar-refractivity contribution in [2.75, 3.05) is 6.61 Å². The Labute approximate surface area is 181 Å². The number of unbranched alkanes of at least 4 members (excludes halogenated alkanes) is 5. The van der Waals surface area contributed by atoms with E-state index in [1.54, 1.807) is 12.1 Å². The molecule has 0 amide bonds. The molecule has 5 nitrogen and oxygen atoms in total. The van der Waals surface area contributed by atoms with Gasteiger partial charge in [-0.05, 0) is 56.0 Å². The van der Waals surface area contributed by atoms with Crippen LogP contribution in [0.1, 0.15) is 77.7 Å². The van der Waals surface area contributed by atoms with E-state index in [0.29, 0.717) is 18.2 Å². The molecule has 0 saturated carbocycles. The summed E-state index contributed by atoms with van der Waals surface area (Å²) in [6.07, 6.45) is 13.6. The highest BCUT2D eigenvalue weighted by Crippen LogP contribution is 2.20. The van der Waals surface area contributed by atoms with E-state index in [4.69, 9.17) is 9.47 Å². The number of benzene rings is 1. The van der Waals surface area contributed by atoms with Crippen LogP contribution in [0.2, 0.25) is 0 Å². The molecular weight excluding hydrogens is 376 g/mol. The predicted molar refractivity (Wildman–Crippen MR) is 121 cm³/mol. The first-order valence-corrected chi connectivity index (χ1v) is 11.4. The Balaban J connectivity index is 1.79. The Bertz CT molecular complexity index is 729. The van der Waals surface area contributed by atoms with Crippen molar-refractivity contribution in [3.8, 4) is 17.1 Å². The van der Waals surface area contributed by atoms with E-state index < -0.39 is 0 Å². The molecule has 0 N–H and O–H groups in total. The molecule has 0 aliphatic heterocycles. The number of nitrogens with zero attached hydrogens (tertiary/aromatic N) is 2. The topological polar surface area (TPSA) is 61.3 Å². The molecule has 0 aliphatic carbocycles. The molecule has 2 rings (SSSR count). The largest absolute Gasteiger partial charge is 0.426 e. The smallest absolute Gasteiger partial charge is 0.313 e. The maximum atomic E-state index is 12.0. The summed E-state index contributed by atoms with van der Waals surface area (Å²) >= 11 is 0. The van der Waals surface area contributed by atoms with Gasteiger partial charge in [-0.25, -0.2) is 9.97 Å². The number of hydrogen-bond acceptors (Lipinski definition) is 5. The standard InChI is InChI=1S/C25H36N2O3/c1-4-6-7-8-9-10-11-21-18-26-25(27-19-21)22-12-14-23(15-13-22)30-24(28)17-20(3)29-16-5-2/h12-15,18-20H,4-11,16-17H2,1-3H3. The molecule has 1 unspecified atom stereocenters. The van der Waals surface area contributed by atoms with E-state index in [-0.39, 0.29) is 18.5 Å². The van der Waals surface area contributed by atoms with Crippen molar-refractivity contribution < 1.29 is 14.3 Å². The number of rotatable bonds is 14. The van der Waals surface area contributed by atoms with E-state index in [0.717, 1.165) is 18.4 Å². The summed E-state index contributed by atoms with van der Waals surface area (Å²) in [6, 6.07) is 7.31. The molecular formula is C25H36N2O3.